The van der Waals surface area contributed by atoms with Crippen LogP contribution in [0, 0.1) is 0 Å². The van der Waals surface area contributed by atoms with Crippen LogP contribution in [-0.2, 0) is 0 Å². The Hall–Kier alpha value is 2.41. The third-order valence-electron chi connectivity index (χ3n) is 0. The SMILES string of the molecule is O.O.[Ba+2].[H-].[H-].[PbH2]. The first kappa shape index (κ1) is 32.3. The van der Waals surface area contributed by atoms with E-state index < -0.39 is 0 Å². The van der Waals surface area contributed by atoms with Crippen LogP contribution >= 0.6 is 0 Å². The summed E-state index contributed by atoms with van der Waals surface area (Å²) in [5.74, 6) is 0. The van der Waals surface area contributed by atoms with Crippen LogP contribution in [-0.4, -0.2) is 87.1 Å². The summed E-state index contributed by atoms with van der Waals surface area (Å²) in [5.41, 5.74) is 0. The van der Waals surface area contributed by atoms with Crippen molar-refractivity contribution in [3.05, 3.63) is 0 Å². The van der Waals surface area contributed by atoms with E-state index in [1.807, 2.05) is 0 Å². The van der Waals surface area contributed by atoms with Crippen LogP contribution in [0.5, 0.6) is 0 Å². The van der Waals surface area contributed by atoms with Gasteiger partial charge in [-0.05, 0) is 0 Å². The molecule has 0 bridgehead atoms. The van der Waals surface area contributed by atoms with E-state index in [-0.39, 0.29) is 90.0 Å². The van der Waals surface area contributed by atoms with Gasteiger partial charge in [0, 0.05) is 0 Å². The van der Waals surface area contributed by atoms with E-state index in [1.54, 1.807) is 0 Å². The van der Waals surface area contributed by atoms with Crippen LogP contribution in [0.25, 0.3) is 0 Å². The summed E-state index contributed by atoms with van der Waals surface area (Å²) in [6.07, 6.45) is 0. The van der Waals surface area contributed by atoms with Gasteiger partial charge < -0.3 is 13.8 Å². The molecule has 4 heavy (non-hydrogen) atoms. The molecule has 4 heteroatoms. The van der Waals surface area contributed by atoms with Crippen molar-refractivity contribution in [1.29, 1.82) is 0 Å². The molecule has 0 unspecified atom stereocenters. The van der Waals surface area contributed by atoms with E-state index in [2.05, 4.69) is 0 Å². The van der Waals surface area contributed by atoms with Crippen molar-refractivity contribution in [3.8, 4) is 0 Å². The summed E-state index contributed by atoms with van der Waals surface area (Å²) < 4.78 is 0. The minimum absolute atomic E-state index is 0. The van der Waals surface area contributed by atoms with Gasteiger partial charge in [-0.25, -0.2) is 0 Å². The monoisotopic (exact) mass is 386 g/mol. The Balaban J connectivity index is 0. The molecule has 4 N–H and O–H groups in total. The van der Waals surface area contributed by atoms with Gasteiger partial charge >= 0.3 is 76.2 Å². The van der Waals surface area contributed by atoms with Gasteiger partial charge in [0.1, 0.15) is 0 Å². The molecule has 0 heterocycles. The Morgan fingerprint density at radius 1 is 1.00 bits per heavy atom. The van der Waals surface area contributed by atoms with Gasteiger partial charge in [0.25, 0.3) is 0 Å². The summed E-state index contributed by atoms with van der Waals surface area (Å²) in [6, 6.07) is 0. The van der Waals surface area contributed by atoms with Crippen molar-refractivity contribution in [2.24, 2.45) is 0 Å². The molecule has 2 radical (unpaired) electrons. The van der Waals surface area contributed by atoms with Crippen molar-refractivity contribution in [2.45, 2.75) is 0 Å². The van der Waals surface area contributed by atoms with E-state index in [0.717, 1.165) is 0 Å². The number of hydrogen-bond acceptors (Lipinski definition) is 0. The molecule has 0 fully saturated rings. The van der Waals surface area contributed by atoms with Crippen molar-refractivity contribution < 1.29 is 13.8 Å². The zero-order valence-corrected chi connectivity index (χ0v) is 12.4. The standard InChI is InChI=1S/Ba.2H2O.Pb.4H/h;2*1H2;;;;;/q+2;;;;;;2*-1. The first-order valence-corrected chi connectivity index (χ1v) is 0. The van der Waals surface area contributed by atoms with Crippen molar-refractivity contribution >= 4 is 76.2 Å². The van der Waals surface area contributed by atoms with E-state index in [9.17, 15) is 0 Å². The molecule has 0 rings (SSSR count). The molecule has 0 aromatic carbocycles. The fourth-order valence-electron chi connectivity index (χ4n) is 0. The second-order valence-electron chi connectivity index (χ2n) is 0. The van der Waals surface area contributed by atoms with Crippen molar-refractivity contribution in [1.82, 2.24) is 0 Å². The zero-order chi connectivity index (χ0) is 0. The molecule has 0 spiro atoms. The molecular weight excluding hydrogens is 377 g/mol. The average Bonchev–Trinajstić information content (AvgIpc) is 0. The van der Waals surface area contributed by atoms with E-state index in [0.29, 0.717) is 0 Å². The molecule has 0 aliphatic heterocycles. The van der Waals surface area contributed by atoms with E-state index in [4.69, 9.17) is 0 Å². The van der Waals surface area contributed by atoms with Crippen molar-refractivity contribution in [3.63, 3.8) is 0 Å². The average molecular weight is 385 g/mol. The van der Waals surface area contributed by atoms with Gasteiger partial charge in [-0.2, -0.15) is 0 Å². The molecule has 0 aliphatic rings. The molecule has 0 atom stereocenters. The number of hydrogen-bond donors (Lipinski definition) is 0. The van der Waals surface area contributed by atoms with Crippen molar-refractivity contribution in [2.75, 3.05) is 0 Å². The predicted molar refractivity (Wildman–Crippen MR) is 23.7 cm³/mol. The Bertz CT molecular complexity index is 11.5. The van der Waals surface area contributed by atoms with Crippen LogP contribution in [0.15, 0.2) is 0 Å². The molecule has 0 aliphatic carbocycles. The van der Waals surface area contributed by atoms with E-state index in [1.165, 1.54) is 0 Å². The summed E-state index contributed by atoms with van der Waals surface area (Å²) >= 11 is 0. The second kappa shape index (κ2) is 18.1. The quantitative estimate of drug-likeness (QED) is 0.408. The fraction of sp³-hybridized carbons (Fsp3) is 0. The third kappa shape index (κ3) is 8.83. The minimum atomic E-state index is 0. The van der Waals surface area contributed by atoms with Gasteiger partial charge in [0.2, 0.25) is 0 Å². The van der Waals surface area contributed by atoms with Crippen LogP contribution in [0.1, 0.15) is 2.85 Å². The summed E-state index contributed by atoms with van der Waals surface area (Å²) in [7, 11) is 0. The Morgan fingerprint density at radius 2 is 1.00 bits per heavy atom. The Kier molecular flexibility index (Phi) is 146. The molecule has 0 aromatic rings. The Morgan fingerprint density at radius 3 is 1.00 bits per heavy atom. The maximum atomic E-state index is 0. The van der Waals surface area contributed by atoms with Gasteiger partial charge in [0.05, 0.1) is 0 Å². The molecule has 2 nitrogen and oxygen atoms in total. The van der Waals surface area contributed by atoms with Gasteiger partial charge in [0.15, 0.2) is 0 Å². The third-order valence-corrected chi connectivity index (χ3v) is 0. The molecule has 0 saturated heterocycles. The number of rotatable bonds is 0. The summed E-state index contributed by atoms with van der Waals surface area (Å²) in [5, 5.41) is 0. The zero-order valence-electron chi connectivity index (χ0n) is 4.41. The topological polar surface area (TPSA) is 63.0 Å². The predicted octanol–water partition coefficient (Wildman–Crippen LogP) is -2.72. The van der Waals surface area contributed by atoms with Gasteiger partial charge in [-0.1, -0.05) is 0 Å². The summed E-state index contributed by atoms with van der Waals surface area (Å²) in [4.78, 5) is 0. The van der Waals surface area contributed by atoms with Crippen LogP contribution in [0.2, 0.25) is 0 Å². The first-order valence-electron chi connectivity index (χ1n) is 0. The molecular formula is H8BaO2Pb. The normalized spacial score (nSPS) is 0. The fourth-order valence-corrected chi connectivity index (χ4v) is 0. The van der Waals surface area contributed by atoms with Gasteiger partial charge in [-0.15, -0.1) is 0 Å². The van der Waals surface area contributed by atoms with Crippen LogP contribution in [0.4, 0.5) is 0 Å². The van der Waals surface area contributed by atoms with Crippen LogP contribution in [0.3, 0.4) is 0 Å². The molecule has 0 aromatic heterocycles. The van der Waals surface area contributed by atoms with E-state index >= 15 is 0 Å². The van der Waals surface area contributed by atoms with Gasteiger partial charge in [-0.3, -0.25) is 0 Å². The Labute approximate surface area is 88.2 Å². The van der Waals surface area contributed by atoms with Crippen LogP contribution < -0.4 is 0 Å². The molecule has 0 saturated carbocycles. The summed E-state index contributed by atoms with van der Waals surface area (Å²) in [6.45, 7) is 0. The second-order valence-corrected chi connectivity index (χ2v) is 0. The molecule has 0 amide bonds. The maximum absolute atomic E-state index is 0. The molecule has 26 valence electrons. The first-order chi connectivity index (χ1) is 0.